The Hall–Kier alpha value is -2.32. The Morgan fingerprint density at radius 3 is 2.64 bits per heavy atom. The molecule has 0 saturated carbocycles. The number of hydrogen-bond donors (Lipinski definition) is 2. The number of carbonyl (C=O) groups excluding carboxylic acids is 1. The first kappa shape index (κ1) is 17.5. The number of hydrogen-bond acceptors (Lipinski definition) is 5. The third kappa shape index (κ3) is 3.85. The molecular weight excluding hydrogens is 384 g/mol. The molecule has 0 spiro atoms. The van der Waals surface area contributed by atoms with Gasteiger partial charge in [-0.15, -0.1) is 5.10 Å². The van der Waals surface area contributed by atoms with Gasteiger partial charge < -0.3 is 11.1 Å². The van der Waals surface area contributed by atoms with E-state index in [1.165, 1.54) is 0 Å². The number of nitrogens with two attached hydrogens (primary N) is 1. The second-order valence-corrected chi connectivity index (χ2v) is 6.68. The van der Waals surface area contributed by atoms with Crippen LogP contribution in [-0.2, 0) is 17.8 Å². The molecule has 0 saturated heterocycles. The average Bonchev–Trinajstić information content (AvgIpc) is 3.00. The molecule has 0 radical (unpaired) electrons. The summed E-state index contributed by atoms with van der Waals surface area (Å²) in [5.74, 6) is 1.06. The standard InChI is InChI=1S/C17H19BrN6O/c1-10-14(11(2)24-17(20-10)22-15(9-19)23-24)7-8-16(25)21-13-5-3-12(18)4-6-13/h3-6H,7-9,19H2,1-2H3,(H,21,25). The summed E-state index contributed by atoms with van der Waals surface area (Å²) in [5.41, 5.74) is 9.18. The molecule has 0 fully saturated rings. The number of nitrogens with one attached hydrogen (secondary N) is 1. The topological polar surface area (TPSA) is 98.2 Å². The van der Waals surface area contributed by atoms with Gasteiger partial charge in [0.25, 0.3) is 5.78 Å². The number of amides is 1. The average molecular weight is 403 g/mol. The Morgan fingerprint density at radius 2 is 1.96 bits per heavy atom. The van der Waals surface area contributed by atoms with Crippen molar-refractivity contribution in [1.29, 1.82) is 0 Å². The molecule has 25 heavy (non-hydrogen) atoms. The highest BCUT2D eigenvalue weighted by molar-refractivity contribution is 9.10. The van der Waals surface area contributed by atoms with Gasteiger partial charge in [-0.3, -0.25) is 4.79 Å². The van der Waals surface area contributed by atoms with E-state index < -0.39 is 0 Å². The lowest BCUT2D eigenvalue weighted by molar-refractivity contribution is -0.116. The first-order valence-corrected chi connectivity index (χ1v) is 8.74. The minimum Gasteiger partial charge on any atom is -0.326 e. The van der Waals surface area contributed by atoms with Crippen molar-refractivity contribution in [3.05, 3.63) is 51.5 Å². The maximum atomic E-state index is 12.2. The van der Waals surface area contributed by atoms with Crippen LogP contribution in [0.2, 0.25) is 0 Å². The fourth-order valence-corrected chi connectivity index (χ4v) is 2.96. The Labute approximate surface area is 153 Å². The van der Waals surface area contributed by atoms with Crippen LogP contribution < -0.4 is 11.1 Å². The minimum atomic E-state index is -0.0394. The lowest BCUT2D eigenvalue weighted by Gasteiger charge is -2.10. The number of nitrogens with zero attached hydrogens (tertiary/aromatic N) is 4. The monoisotopic (exact) mass is 402 g/mol. The summed E-state index contributed by atoms with van der Waals surface area (Å²) in [4.78, 5) is 21.0. The van der Waals surface area contributed by atoms with E-state index in [0.29, 0.717) is 24.4 Å². The van der Waals surface area contributed by atoms with Crippen LogP contribution in [0.4, 0.5) is 5.69 Å². The molecule has 1 aromatic carbocycles. The van der Waals surface area contributed by atoms with Gasteiger partial charge in [-0.1, -0.05) is 15.9 Å². The van der Waals surface area contributed by atoms with Crippen LogP contribution in [0, 0.1) is 13.8 Å². The van der Waals surface area contributed by atoms with Gasteiger partial charge in [0.15, 0.2) is 5.82 Å². The number of aryl methyl sites for hydroxylation is 2. The van der Waals surface area contributed by atoms with Crippen LogP contribution in [0.25, 0.3) is 5.78 Å². The van der Waals surface area contributed by atoms with Gasteiger partial charge in [-0.25, -0.2) is 9.50 Å². The first-order chi connectivity index (χ1) is 12.0. The molecule has 1 amide bonds. The van der Waals surface area contributed by atoms with Crippen molar-refractivity contribution < 1.29 is 4.79 Å². The van der Waals surface area contributed by atoms with Crippen molar-refractivity contribution >= 4 is 33.3 Å². The van der Waals surface area contributed by atoms with Gasteiger partial charge in [0.2, 0.25) is 5.91 Å². The molecule has 7 nitrogen and oxygen atoms in total. The highest BCUT2D eigenvalue weighted by Gasteiger charge is 2.14. The largest absolute Gasteiger partial charge is 0.326 e. The number of fused-ring (bicyclic) bond motifs is 1. The molecule has 2 aromatic heterocycles. The summed E-state index contributed by atoms with van der Waals surface area (Å²) in [5, 5.41) is 7.25. The molecule has 130 valence electrons. The summed E-state index contributed by atoms with van der Waals surface area (Å²) in [6.07, 6.45) is 0.949. The zero-order chi connectivity index (χ0) is 18.0. The van der Waals surface area contributed by atoms with E-state index in [2.05, 4.69) is 36.3 Å². The lowest BCUT2D eigenvalue weighted by Crippen LogP contribution is -2.14. The summed E-state index contributed by atoms with van der Waals surface area (Å²) in [7, 11) is 0. The maximum absolute atomic E-state index is 12.2. The Kier molecular flexibility index (Phi) is 5.10. The Bertz CT molecular complexity index is 919. The van der Waals surface area contributed by atoms with Gasteiger partial charge in [-0.05, 0) is 50.1 Å². The predicted molar refractivity (Wildman–Crippen MR) is 99.2 cm³/mol. The second kappa shape index (κ2) is 7.28. The third-order valence-corrected chi connectivity index (χ3v) is 4.53. The van der Waals surface area contributed by atoms with Crippen LogP contribution in [0.15, 0.2) is 28.7 Å². The Morgan fingerprint density at radius 1 is 1.24 bits per heavy atom. The van der Waals surface area contributed by atoms with Crippen molar-refractivity contribution in [2.24, 2.45) is 5.73 Å². The first-order valence-electron chi connectivity index (χ1n) is 7.95. The number of anilines is 1. The quantitative estimate of drug-likeness (QED) is 0.682. The van der Waals surface area contributed by atoms with E-state index in [0.717, 1.165) is 27.1 Å². The molecule has 3 N–H and O–H groups in total. The van der Waals surface area contributed by atoms with Crippen molar-refractivity contribution in [2.75, 3.05) is 5.32 Å². The molecule has 8 heteroatoms. The van der Waals surface area contributed by atoms with Crippen LogP contribution in [-0.4, -0.2) is 25.5 Å². The molecule has 0 aliphatic rings. The molecule has 0 aliphatic carbocycles. The number of rotatable bonds is 5. The van der Waals surface area contributed by atoms with Crippen LogP contribution in [0.1, 0.15) is 29.2 Å². The van der Waals surface area contributed by atoms with E-state index in [4.69, 9.17) is 5.73 Å². The molecule has 0 atom stereocenters. The van der Waals surface area contributed by atoms with Gasteiger partial charge in [-0.2, -0.15) is 4.98 Å². The number of halogens is 1. The molecule has 2 heterocycles. The van der Waals surface area contributed by atoms with Gasteiger partial charge in [0.1, 0.15) is 0 Å². The van der Waals surface area contributed by atoms with Crippen molar-refractivity contribution in [3.63, 3.8) is 0 Å². The summed E-state index contributed by atoms with van der Waals surface area (Å²) >= 11 is 3.37. The molecular formula is C17H19BrN6O. The third-order valence-electron chi connectivity index (χ3n) is 4.01. The number of benzene rings is 1. The fraction of sp³-hybridized carbons (Fsp3) is 0.294. The van der Waals surface area contributed by atoms with Crippen LogP contribution in [0.3, 0.4) is 0 Å². The van der Waals surface area contributed by atoms with Crippen LogP contribution in [0.5, 0.6) is 0 Å². The van der Waals surface area contributed by atoms with E-state index in [1.54, 1.807) is 4.52 Å². The predicted octanol–water partition coefficient (Wildman–Crippen LogP) is 2.53. The lowest BCUT2D eigenvalue weighted by atomic mass is 10.1. The summed E-state index contributed by atoms with van der Waals surface area (Å²) < 4.78 is 2.66. The van der Waals surface area contributed by atoms with E-state index in [-0.39, 0.29) is 12.5 Å². The fourth-order valence-electron chi connectivity index (χ4n) is 2.69. The molecule has 3 rings (SSSR count). The van der Waals surface area contributed by atoms with Crippen molar-refractivity contribution in [1.82, 2.24) is 19.6 Å². The van der Waals surface area contributed by atoms with E-state index >= 15 is 0 Å². The van der Waals surface area contributed by atoms with Crippen molar-refractivity contribution in [3.8, 4) is 0 Å². The molecule has 0 bridgehead atoms. The van der Waals surface area contributed by atoms with Crippen molar-refractivity contribution in [2.45, 2.75) is 33.2 Å². The SMILES string of the molecule is Cc1nc2nc(CN)nn2c(C)c1CCC(=O)Nc1ccc(Br)cc1. The normalized spacial score (nSPS) is 11.0. The van der Waals surface area contributed by atoms with E-state index in [9.17, 15) is 4.79 Å². The molecule has 0 unspecified atom stereocenters. The number of carbonyl (C=O) groups is 1. The van der Waals surface area contributed by atoms with Gasteiger partial charge in [0, 0.05) is 28.0 Å². The minimum absolute atomic E-state index is 0.0394. The second-order valence-electron chi connectivity index (χ2n) is 5.76. The van der Waals surface area contributed by atoms with Gasteiger partial charge >= 0.3 is 0 Å². The van der Waals surface area contributed by atoms with Gasteiger partial charge in [0.05, 0.1) is 6.54 Å². The smallest absolute Gasteiger partial charge is 0.252 e. The highest BCUT2D eigenvalue weighted by atomic mass is 79.9. The molecule has 3 aromatic rings. The Balaban J connectivity index is 1.74. The highest BCUT2D eigenvalue weighted by Crippen LogP contribution is 2.17. The van der Waals surface area contributed by atoms with E-state index in [1.807, 2.05) is 38.1 Å². The zero-order valence-corrected chi connectivity index (χ0v) is 15.7. The number of aromatic nitrogens is 4. The van der Waals surface area contributed by atoms with Crippen LogP contribution >= 0.6 is 15.9 Å². The summed E-state index contributed by atoms with van der Waals surface area (Å²) in [6.45, 7) is 4.15. The molecule has 0 aliphatic heterocycles. The zero-order valence-electron chi connectivity index (χ0n) is 14.1. The maximum Gasteiger partial charge on any atom is 0.252 e. The summed E-state index contributed by atoms with van der Waals surface area (Å²) in [6, 6.07) is 7.49.